The van der Waals surface area contributed by atoms with Crippen LogP contribution in [0.2, 0.25) is 0 Å². The summed E-state index contributed by atoms with van der Waals surface area (Å²) in [5.41, 5.74) is 7.05. The molecule has 1 aromatic rings. The smallest absolute Gasteiger partial charge is 0.126 e. The molecule has 0 aromatic carbocycles. The van der Waals surface area contributed by atoms with Crippen LogP contribution in [0.4, 0.5) is 5.82 Å². The maximum Gasteiger partial charge on any atom is 0.126 e. The number of fused-ring (bicyclic) bond motifs is 1. The van der Waals surface area contributed by atoms with Crippen LogP contribution in [0.1, 0.15) is 31.8 Å². The fraction of sp³-hybridized carbons (Fsp3) is 0.700. The highest BCUT2D eigenvalue weighted by Gasteiger charge is 2.20. The molecule has 3 nitrogen and oxygen atoms in total. The van der Waals surface area contributed by atoms with Crippen LogP contribution in [0, 0.1) is 5.92 Å². The summed E-state index contributed by atoms with van der Waals surface area (Å²) >= 11 is 0. The Labute approximate surface area is 79.0 Å². The summed E-state index contributed by atoms with van der Waals surface area (Å²) in [5.74, 6) is 2.84. The van der Waals surface area contributed by atoms with E-state index in [1.54, 1.807) is 0 Å². The molecule has 0 bridgehead atoms. The first-order valence-electron chi connectivity index (χ1n) is 5.06. The number of nitrogen functional groups attached to an aromatic ring is 1. The fourth-order valence-corrected chi connectivity index (χ4v) is 2.00. The molecule has 0 fully saturated rings. The first-order valence-corrected chi connectivity index (χ1v) is 5.06. The van der Waals surface area contributed by atoms with Crippen LogP contribution in [0.15, 0.2) is 0 Å². The zero-order chi connectivity index (χ0) is 9.42. The highest BCUT2D eigenvalue weighted by atomic mass is 15.1. The van der Waals surface area contributed by atoms with Crippen molar-refractivity contribution >= 4 is 5.82 Å². The third-order valence-corrected chi connectivity index (χ3v) is 2.87. The number of rotatable bonds is 1. The van der Waals surface area contributed by atoms with Gasteiger partial charge in [0.25, 0.3) is 0 Å². The second-order valence-electron chi connectivity index (χ2n) is 3.96. The van der Waals surface area contributed by atoms with Crippen molar-refractivity contribution in [3.05, 3.63) is 11.5 Å². The lowest BCUT2D eigenvalue weighted by atomic mass is 10.0. The van der Waals surface area contributed by atoms with E-state index in [4.69, 9.17) is 5.73 Å². The number of nitrogens with two attached hydrogens (primary N) is 1. The van der Waals surface area contributed by atoms with Crippen LogP contribution in [0.5, 0.6) is 0 Å². The molecular weight excluding hydrogens is 162 g/mol. The Hall–Kier alpha value is -0.990. The van der Waals surface area contributed by atoms with Crippen molar-refractivity contribution in [2.24, 2.45) is 5.92 Å². The number of hydrogen-bond acceptors (Lipinski definition) is 2. The van der Waals surface area contributed by atoms with E-state index in [2.05, 4.69) is 23.4 Å². The van der Waals surface area contributed by atoms with Gasteiger partial charge in [-0.25, -0.2) is 4.98 Å². The van der Waals surface area contributed by atoms with Gasteiger partial charge in [0.2, 0.25) is 0 Å². The quantitative estimate of drug-likeness (QED) is 0.711. The van der Waals surface area contributed by atoms with Crippen molar-refractivity contribution in [3.63, 3.8) is 0 Å². The summed E-state index contributed by atoms with van der Waals surface area (Å²) in [6.45, 7) is 5.43. The normalized spacial score (nSPS) is 21.5. The van der Waals surface area contributed by atoms with Crippen LogP contribution in [-0.4, -0.2) is 9.55 Å². The number of nitrogens with zero attached hydrogens (tertiary/aromatic N) is 2. The molecule has 1 unspecified atom stereocenters. The monoisotopic (exact) mass is 179 g/mol. The molecule has 0 radical (unpaired) electrons. The molecule has 0 amide bonds. The Balaban J connectivity index is 2.39. The second kappa shape index (κ2) is 3.05. The third kappa shape index (κ3) is 1.32. The van der Waals surface area contributed by atoms with Gasteiger partial charge < -0.3 is 10.3 Å². The summed E-state index contributed by atoms with van der Waals surface area (Å²) in [7, 11) is 0. The van der Waals surface area contributed by atoms with Crippen molar-refractivity contribution in [2.75, 3.05) is 5.73 Å². The topological polar surface area (TPSA) is 43.8 Å². The van der Waals surface area contributed by atoms with Gasteiger partial charge in [-0.1, -0.05) is 13.8 Å². The van der Waals surface area contributed by atoms with Crippen LogP contribution in [-0.2, 0) is 19.4 Å². The van der Waals surface area contributed by atoms with Crippen molar-refractivity contribution in [1.82, 2.24) is 9.55 Å². The third-order valence-electron chi connectivity index (χ3n) is 2.87. The average molecular weight is 179 g/mol. The van der Waals surface area contributed by atoms with Crippen LogP contribution in [0.3, 0.4) is 0 Å². The maximum atomic E-state index is 5.98. The standard InChI is InChI=1S/C10H17N3/c1-3-8-10(11)13-5-4-7(2)6-9(13)12-8/h7H,3-6,11H2,1-2H3. The van der Waals surface area contributed by atoms with E-state index in [1.807, 2.05) is 0 Å². The molecule has 0 saturated heterocycles. The van der Waals surface area contributed by atoms with Gasteiger partial charge in [-0.05, 0) is 18.8 Å². The maximum absolute atomic E-state index is 5.98. The molecule has 2 rings (SSSR count). The molecule has 0 spiro atoms. The Bertz CT molecular complexity index is 314. The van der Waals surface area contributed by atoms with Gasteiger partial charge in [-0.15, -0.1) is 0 Å². The summed E-state index contributed by atoms with van der Waals surface area (Å²) in [4.78, 5) is 4.56. The SMILES string of the molecule is CCc1nc2n(c1N)CCC(C)C2. The predicted molar refractivity (Wildman–Crippen MR) is 53.5 cm³/mol. The zero-order valence-corrected chi connectivity index (χ0v) is 8.38. The first kappa shape index (κ1) is 8.60. The van der Waals surface area contributed by atoms with Gasteiger partial charge in [0.05, 0.1) is 5.69 Å². The summed E-state index contributed by atoms with van der Waals surface area (Å²) < 4.78 is 2.18. The van der Waals surface area contributed by atoms with Crippen molar-refractivity contribution < 1.29 is 0 Å². The second-order valence-corrected chi connectivity index (χ2v) is 3.96. The fourth-order valence-electron chi connectivity index (χ4n) is 2.00. The Kier molecular flexibility index (Phi) is 2.02. The van der Waals surface area contributed by atoms with E-state index in [1.165, 1.54) is 12.2 Å². The molecule has 72 valence electrons. The van der Waals surface area contributed by atoms with E-state index >= 15 is 0 Å². The number of hydrogen-bond donors (Lipinski definition) is 1. The number of aryl methyl sites for hydroxylation is 1. The molecular formula is C10H17N3. The van der Waals surface area contributed by atoms with Crippen molar-refractivity contribution in [1.29, 1.82) is 0 Å². The van der Waals surface area contributed by atoms with Gasteiger partial charge in [-0.3, -0.25) is 0 Å². The van der Waals surface area contributed by atoms with Gasteiger partial charge in [0.15, 0.2) is 0 Å². The van der Waals surface area contributed by atoms with E-state index in [0.29, 0.717) is 0 Å². The molecule has 1 atom stereocenters. The minimum Gasteiger partial charge on any atom is -0.384 e. The minimum atomic E-state index is 0.763. The highest BCUT2D eigenvalue weighted by molar-refractivity contribution is 5.38. The zero-order valence-electron chi connectivity index (χ0n) is 8.38. The molecule has 13 heavy (non-hydrogen) atoms. The number of aromatic nitrogens is 2. The molecule has 3 heteroatoms. The molecule has 1 aliphatic rings. The number of anilines is 1. The summed E-state index contributed by atoms with van der Waals surface area (Å²) in [5, 5.41) is 0. The molecule has 0 saturated carbocycles. The Morgan fingerprint density at radius 3 is 3.08 bits per heavy atom. The van der Waals surface area contributed by atoms with E-state index in [9.17, 15) is 0 Å². The summed E-state index contributed by atoms with van der Waals surface area (Å²) in [6, 6.07) is 0. The van der Waals surface area contributed by atoms with E-state index < -0.39 is 0 Å². The first-order chi connectivity index (χ1) is 6.22. The summed E-state index contributed by atoms with van der Waals surface area (Å²) in [6.07, 6.45) is 3.27. The Morgan fingerprint density at radius 2 is 2.38 bits per heavy atom. The molecule has 1 aliphatic heterocycles. The van der Waals surface area contributed by atoms with E-state index in [-0.39, 0.29) is 0 Å². The van der Waals surface area contributed by atoms with Gasteiger partial charge in [0, 0.05) is 13.0 Å². The minimum absolute atomic E-state index is 0.763. The lowest BCUT2D eigenvalue weighted by Crippen LogP contribution is -2.18. The molecule has 2 N–H and O–H groups in total. The highest BCUT2D eigenvalue weighted by Crippen LogP contribution is 2.24. The largest absolute Gasteiger partial charge is 0.384 e. The number of imidazole rings is 1. The van der Waals surface area contributed by atoms with Gasteiger partial charge in [0.1, 0.15) is 11.6 Å². The predicted octanol–water partition coefficient (Wildman–Crippen LogP) is 1.61. The van der Waals surface area contributed by atoms with Crippen LogP contribution >= 0.6 is 0 Å². The van der Waals surface area contributed by atoms with E-state index in [0.717, 1.165) is 36.8 Å². The lowest BCUT2D eigenvalue weighted by Gasteiger charge is -2.20. The Morgan fingerprint density at radius 1 is 1.62 bits per heavy atom. The average Bonchev–Trinajstić information content (AvgIpc) is 2.42. The van der Waals surface area contributed by atoms with Gasteiger partial charge in [-0.2, -0.15) is 0 Å². The lowest BCUT2D eigenvalue weighted by molar-refractivity contribution is 0.412. The molecule has 0 aliphatic carbocycles. The van der Waals surface area contributed by atoms with Crippen LogP contribution < -0.4 is 5.73 Å². The van der Waals surface area contributed by atoms with Crippen LogP contribution in [0.25, 0.3) is 0 Å². The van der Waals surface area contributed by atoms with Crippen molar-refractivity contribution in [2.45, 2.75) is 39.7 Å². The van der Waals surface area contributed by atoms with Gasteiger partial charge >= 0.3 is 0 Å². The van der Waals surface area contributed by atoms with Crippen molar-refractivity contribution in [3.8, 4) is 0 Å². The molecule has 1 aromatic heterocycles. The molecule has 2 heterocycles.